The van der Waals surface area contributed by atoms with Crippen LogP contribution in [0, 0.1) is 0 Å². The summed E-state index contributed by atoms with van der Waals surface area (Å²) in [6.45, 7) is 8.45. The molecule has 0 radical (unpaired) electrons. The number of hydrogen-bond donors (Lipinski definition) is 2. The van der Waals surface area contributed by atoms with Crippen LogP contribution in [0.2, 0.25) is 5.02 Å². The Kier molecular flexibility index (Phi) is 9.25. The van der Waals surface area contributed by atoms with Crippen LogP contribution < -0.4 is 10.6 Å². The highest BCUT2D eigenvalue weighted by molar-refractivity contribution is 7.98. The van der Waals surface area contributed by atoms with E-state index in [0.29, 0.717) is 17.0 Å². The summed E-state index contributed by atoms with van der Waals surface area (Å²) in [5.74, 6) is 0.831. The second-order valence-corrected chi connectivity index (χ2v) is 9.35. The summed E-state index contributed by atoms with van der Waals surface area (Å²) >= 11 is 7.56. The highest BCUT2D eigenvalue weighted by atomic mass is 35.5. The van der Waals surface area contributed by atoms with Gasteiger partial charge in [-0.25, -0.2) is 0 Å². The molecular weight excluding hydrogens is 416 g/mol. The number of rotatable bonds is 9. The van der Waals surface area contributed by atoms with Crippen LogP contribution in [0.3, 0.4) is 0 Å². The first-order valence-electron chi connectivity index (χ1n) is 10.2. The number of benzene rings is 2. The Morgan fingerprint density at radius 1 is 0.967 bits per heavy atom. The molecule has 4 nitrogen and oxygen atoms in total. The number of amides is 2. The number of nitrogens with one attached hydrogen (secondary N) is 2. The smallest absolute Gasteiger partial charge is 0.251 e. The number of hydrogen-bond acceptors (Lipinski definition) is 3. The summed E-state index contributed by atoms with van der Waals surface area (Å²) in [4.78, 5) is 25.9. The third-order valence-corrected chi connectivity index (χ3v) is 5.86. The van der Waals surface area contributed by atoms with Gasteiger partial charge in [-0.15, -0.1) is 0 Å². The first-order chi connectivity index (χ1) is 14.2. The molecule has 2 amide bonds. The highest BCUT2D eigenvalue weighted by Crippen LogP contribution is 2.32. The van der Waals surface area contributed by atoms with Crippen molar-refractivity contribution >= 4 is 40.9 Å². The lowest BCUT2D eigenvalue weighted by atomic mass is 9.92. The minimum atomic E-state index is -0.624. The van der Waals surface area contributed by atoms with Crippen LogP contribution in [-0.4, -0.2) is 29.9 Å². The van der Waals surface area contributed by atoms with E-state index < -0.39 is 6.04 Å². The molecule has 0 aliphatic carbocycles. The van der Waals surface area contributed by atoms with Gasteiger partial charge in [-0.1, -0.05) is 57.5 Å². The molecule has 2 aromatic carbocycles. The predicted molar refractivity (Wildman–Crippen MR) is 129 cm³/mol. The number of thioether (sulfide) groups is 1. The quantitative estimate of drug-likeness (QED) is 0.490. The van der Waals surface area contributed by atoms with Crippen molar-refractivity contribution in [3.63, 3.8) is 0 Å². The SMILES string of the molecule is CSCC[C@@H](NC(=O)c1ccc(Cl)cc1)C(=O)Nc1c(C(C)C)cccc1C(C)C. The van der Waals surface area contributed by atoms with Gasteiger partial charge < -0.3 is 10.6 Å². The molecule has 6 heteroatoms. The van der Waals surface area contributed by atoms with E-state index in [9.17, 15) is 9.59 Å². The number of para-hydroxylation sites is 1. The van der Waals surface area contributed by atoms with Crippen LogP contribution in [0.5, 0.6) is 0 Å². The molecule has 0 spiro atoms. The van der Waals surface area contributed by atoms with Crippen molar-refractivity contribution in [1.82, 2.24) is 5.32 Å². The fraction of sp³-hybridized carbons (Fsp3) is 0.417. The van der Waals surface area contributed by atoms with Gasteiger partial charge in [0, 0.05) is 16.3 Å². The maximum absolute atomic E-state index is 13.2. The van der Waals surface area contributed by atoms with Crippen molar-refractivity contribution in [2.75, 3.05) is 17.3 Å². The second-order valence-electron chi connectivity index (χ2n) is 7.92. The van der Waals surface area contributed by atoms with Gasteiger partial charge in [0.2, 0.25) is 5.91 Å². The zero-order valence-corrected chi connectivity index (χ0v) is 19.9. The van der Waals surface area contributed by atoms with E-state index in [2.05, 4.69) is 50.5 Å². The Morgan fingerprint density at radius 2 is 1.53 bits per heavy atom. The molecule has 2 N–H and O–H groups in total. The largest absolute Gasteiger partial charge is 0.340 e. The summed E-state index contributed by atoms with van der Waals surface area (Å²) < 4.78 is 0. The van der Waals surface area contributed by atoms with Gasteiger partial charge in [0.05, 0.1) is 0 Å². The van der Waals surface area contributed by atoms with Gasteiger partial charge in [-0.2, -0.15) is 11.8 Å². The Labute approximate surface area is 189 Å². The van der Waals surface area contributed by atoms with E-state index in [4.69, 9.17) is 11.6 Å². The fourth-order valence-electron chi connectivity index (χ4n) is 3.25. The zero-order chi connectivity index (χ0) is 22.3. The van der Waals surface area contributed by atoms with Gasteiger partial charge >= 0.3 is 0 Å². The average Bonchev–Trinajstić information content (AvgIpc) is 2.71. The predicted octanol–water partition coefficient (Wildman–Crippen LogP) is 6.08. The molecule has 0 heterocycles. The lowest BCUT2D eigenvalue weighted by molar-refractivity contribution is -0.118. The number of anilines is 1. The van der Waals surface area contributed by atoms with Crippen molar-refractivity contribution in [1.29, 1.82) is 0 Å². The van der Waals surface area contributed by atoms with Crippen LogP contribution in [0.1, 0.15) is 67.4 Å². The Bertz CT molecular complexity index is 840. The third-order valence-electron chi connectivity index (χ3n) is 4.96. The van der Waals surface area contributed by atoms with Crippen LogP contribution in [0.4, 0.5) is 5.69 Å². The van der Waals surface area contributed by atoms with Gasteiger partial charge in [-0.3, -0.25) is 9.59 Å². The summed E-state index contributed by atoms with van der Waals surface area (Å²) in [6.07, 6.45) is 2.54. The number of halogens is 1. The lowest BCUT2D eigenvalue weighted by Crippen LogP contribution is -2.44. The van der Waals surface area contributed by atoms with Crippen LogP contribution in [0.15, 0.2) is 42.5 Å². The molecule has 0 bridgehead atoms. The van der Waals surface area contributed by atoms with Crippen molar-refractivity contribution in [2.24, 2.45) is 0 Å². The van der Waals surface area contributed by atoms with Gasteiger partial charge in [0.1, 0.15) is 6.04 Å². The van der Waals surface area contributed by atoms with Crippen molar-refractivity contribution < 1.29 is 9.59 Å². The molecule has 2 rings (SSSR count). The highest BCUT2D eigenvalue weighted by Gasteiger charge is 2.24. The van der Waals surface area contributed by atoms with Crippen LogP contribution in [-0.2, 0) is 4.79 Å². The molecule has 0 unspecified atom stereocenters. The zero-order valence-electron chi connectivity index (χ0n) is 18.3. The standard InChI is InChI=1S/C24H31ClN2O2S/c1-15(2)19-7-6-8-20(16(3)4)22(19)27-24(29)21(13-14-30-5)26-23(28)17-9-11-18(25)12-10-17/h6-12,15-16,21H,13-14H2,1-5H3,(H,26,28)(H,27,29)/t21-/m1/s1. The summed E-state index contributed by atoms with van der Waals surface area (Å²) in [5, 5.41) is 6.59. The van der Waals surface area contributed by atoms with Gasteiger partial charge in [0.15, 0.2) is 0 Å². The minimum Gasteiger partial charge on any atom is -0.340 e. The van der Waals surface area contributed by atoms with Crippen molar-refractivity contribution in [3.8, 4) is 0 Å². The van der Waals surface area contributed by atoms with Gasteiger partial charge in [-0.05, 0) is 65.7 Å². The van der Waals surface area contributed by atoms with Crippen LogP contribution >= 0.6 is 23.4 Å². The third kappa shape index (κ3) is 6.51. The molecule has 0 saturated carbocycles. The molecule has 0 aliphatic heterocycles. The van der Waals surface area contributed by atoms with E-state index in [1.807, 2.05) is 12.3 Å². The average molecular weight is 447 g/mol. The molecular formula is C24H31ClN2O2S. The molecule has 0 aliphatic rings. The Balaban J connectivity index is 2.27. The molecule has 0 aromatic heterocycles. The first kappa shape index (κ1) is 24.3. The fourth-order valence-corrected chi connectivity index (χ4v) is 3.85. The number of carbonyl (C=O) groups excluding carboxylic acids is 2. The van der Waals surface area contributed by atoms with Gasteiger partial charge in [0.25, 0.3) is 5.91 Å². The maximum Gasteiger partial charge on any atom is 0.251 e. The maximum atomic E-state index is 13.2. The monoisotopic (exact) mass is 446 g/mol. The van der Waals surface area contributed by atoms with E-state index in [0.717, 1.165) is 22.6 Å². The van der Waals surface area contributed by atoms with Crippen molar-refractivity contribution in [3.05, 3.63) is 64.2 Å². The normalized spacial score (nSPS) is 12.1. The Hall–Kier alpha value is -1.98. The Morgan fingerprint density at radius 3 is 2.03 bits per heavy atom. The molecule has 30 heavy (non-hydrogen) atoms. The molecule has 0 fully saturated rings. The van der Waals surface area contributed by atoms with Crippen LogP contribution in [0.25, 0.3) is 0 Å². The lowest BCUT2D eigenvalue weighted by Gasteiger charge is -2.23. The van der Waals surface area contributed by atoms with E-state index >= 15 is 0 Å². The van der Waals surface area contributed by atoms with E-state index in [1.54, 1.807) is 36.0 Å². The second kappa shape index (κ2) is 11.4. The minimum absolute atomic E-state index is 0.193. The topological polar surface area (TPSA) is 58.2 Å². The molecule has 0 saturated heterocycles. The van der Waals surface area contributed by atoms with Crippen molar-refractivity contribution in [2.45, 2.75) is 52.0 Å². The molecule has 1 atom stereocenters. The van der Waals surface area contributed by atoms with E-state index in [-0.39, 0.29) is 23.7 Å². The number of carbonyl (C=O) groups is 2. The van der Waals surface area contributed by atoms with E-state index in [1.165, 1.54) is 0 Å². The molecule has 162 valence electrons. The first-order valence-corrected chi connectivity index (χ1v) is 12.0. The summed E-state index contributed by atoms with van der Waals surface area (Å²) in [5.41, 5.74) is 3.54. The summed E-state index contributed by atoms with van der Waals surface area (Å²) in [7, 11) is 0. The summed E-state index contributed by atoms with van der Waals surface area (Å²) in [6, 6.07) is 12.2. The molecule has 2 aromatic rings.